The smallest absolute Gasteiger partial charge is 0.406 e. The first-order chi connectivity index (χ1) is 17.1. The van der Waals surface area contributed by atoms with E-state index in [2.05, 4.69) is 25.3 Å². The second kappa shape index (κ2) is 10.2. The van der Waals surface area contributed by atoms with Crippen LogP contribution in [0.1, 0.15) is 11.3 Å². The van der Waals surface area contributed by atoms with Crippen molar-refractivity contribution in [2.24, 2.45) is 0 Å². The van der Waals surface area contributed by atoms with Gasteiger partial charge in [-0.25, -0.2) is 0 Å². The van der Waals surface area contributed by atoms with Crippen LogP contribution in [-0.4, -0.2) is 57.7 Å². The van der Waals surface area contributed by atoms with E-state index >= 15 is 0 Å². The van der Waals surface area contributed by atoms with Crippen molar-refractivity contribution in [3.05, 3.63) is 65.9 Å². The van der Waals surface area contributed by atoms with Gasteiger partial charge in [-0.3, -0.25) is 9.48 Å². The number of alkyl halides is 3. The molecule has 2 aromatic heterocycles. The number of anilines is 1. The highest BCUT2D eigenvalue weighted by Crippen LogP contribution is 2.27. The van der Waals surface area contributed by atoms with Crippen molar-refractivity contribution in [2.45, 2.75) is 19.8 Å². The molecular formula is C24H23F3N6O3. The van der Waals surface area contributed by atoms with Crippen molar-refractivity contribution in [1.29, 1.82) is 0 Å². The first-order valence-corrected chi connectivity index (χ1v) is 10.8. The maximum Gasteiger partial charge on any atom is 0.573 e. The van der Waals surface area contributed by atoms with Crippen LogP contribution >= 0.6 is 0 Å². The van der Waals surface area contributed by atoms with Crippen LogP contribution in [0, 0.1) is 6.92 Å². The van der Waals surface area contributed by atoms with Gasteiger partial charge in [-0.15, -0.1) is 13.2 Å². The number of aryl methyl sites for hydroxylation is 1. The molecule has 9 nitrogen and oxygen atoms in total. The van der Waals surface area contributed by atoms with E-state index in [0.717, 1.165) is 11.3 Å². The van der Waals surface area contributed by atoms with Crippen molar-refractivity contribution < 1.29 is 27.2 Å². The van der Waals surface area contributed by atoms with E-state index in [-0.39, 0.29) is 23.4 Å². The average molecular weight is 500 g/mol. The lowest BCUT2D eigenvalue weighted by atomic mass is 10.2. The summed E-state index contributed by atoms with van der Waals surface area (Å²) in [5, 5.41) is 11.3. The Morgan fingerprint density at radius 3 is 2.44 bits per heavy atom. The van der Waals surface area contributed by atoms with Gasteiger partial charge in [-0.1, -0.05) is 17.3 Å². The molecule has 2 aromatic carbocycles. The van der Waals surface area contributed by atoms with Gasteiger partial charge in [0.05, 0.1) is 13.1 Å². The third kappa shape index (κ3) is 6.48. The number of hydrogen-bond donors (Lipinski definition) is 1. The van der Waals surface area contributed by atoms with Gasteiger partial charge >= 0.3 is 6.36 Å². The molecule has 0 fully saturated rings. The maximum absolute atomic E-state index is 12.3. The highest BCUT2D eigenvalue weighted by Gasteiger charge is 2.31. The molecule has 4 rings (SSSR count). The molecule has 12 heteroatoms. The molecule has 188 valence electrons. The Morgan fingerprint density at radius 2 is 1.81 bits per heavy atom. The molecular weight excluding hydrogens is 477 g/mol. The Labute approximate surface area is 204 Å². The molecule has 0 saturated heterocycles. The number of likely N-dealkylation sites (N-methyl/N-ethyl adjacent to an activating group) is 1. The Kier molecular flexibility index (Phi) is 7.06. The quantitative estimate of drug-likeness (QED) is 0.384. The molecule has 36 heavy (non-hydrogen) atoms. The molecule has 1 amide bonds. The van der Waals surface area contributed by atoms with Crippen molar-refractivity contribution in [2.75, 3.05) is 26.0 Å². The second-order valence-electron chi connectivity index (χ2n) is 8.31. The number of halogens is 3. The number of carbonyl (C=O) groups is 1. The van der Waals surface area contributed by atoms with Crippen LogP contribution in [0.4, 0.5) is 18.9 Å². The topological polar surface area (TPSA) is 98.3 Å². The van der Waals surface area contributed by atoms with E-state index < -0.39 is 6.36 Å². The van der Waals surface area contributed by atoms with E-state index in [1.165, 1.54) is 24.3 Å². The van der Waals surface area contributed by atoms with E-state index in [0.29, 0.717) is 30.0 Å². The maximum atomic E-state index is 12.3. The average Bonchev–Trinajstić information content (AvgIpc) is 3.41. The number of benzene rings is 2. The number of ether oxygens (including phenoxy) is 1. The molecule has 4 aromatic rings. The number of nitrogens with zero attached hydrogens (tertiary/aromatic N) is 5. The summed E-state index contributed by atoms with van der Waals surface area (Å²) in [5.41, 5.74) is 3.48. The Morgan fingerprint density at radius 1 is 1.11 bits per heavy atom. The van der Waals surface area contributed by atoms with Gasteiger partial charge in [0.25, 0.3) is 5.89 Å². The Balaban J connectivity index is 1.43. The number of carbonyl (C=O) groups excluding carboxylic acids is 1. The first-order valence-electron chi connectivity index (χ1n) is 10.8. The number of amides is 1. The molecule has 0 aliphatic heterocycles. The minimum absolute atomic E-state index is 0.0928. The van der Waals surface area contributed by atoms with Gasteiger partial charge in [0.1, 0.15) is 5.75 Å². The molecule has 0 bridgehead atoms. The summed E-state index contributed by atoms with van der Waals surface area (Å²) in [6.07, 6.45) is -4.76. The largest absolute Gasteiger partial charge is 0.573 e. The summed E-state index contributed by atoms with van der Waals surface area (Å²) in [5.74, 6) is -0.0396. The van der Waals surface area contributed by atoms with Gasteiger partial charge in [0.15, 0.2) is 5.69 Å². The fourth-order valence-electron chi connectivity index (χ4n) is 3.38. The molecule has 1 N–H and O–H groups in total. The highest BCUT2D eigenvalue weighted by molar-refractivity contribution is 5.92. The van der Waals surface area contributed by atoms with Crippen LogP contribution in [-0.2, 0) is 11.3 Å². The van der Waals surface area contributed by atoms with Gasteiger partial charge in [0.2, 0.25) is 11.7 Å². The summed E-state index contributed by atoms with van der Waals surface area (Å²) in [6.45, 7) is 2.68. The van der Waals surface area contributed by atoms with Crippen LogP contribution in [0.2, 0.25) is 0 Å². The van der Waals surface area contributed by atoms with Crippen LogP contribution in [0.3, 0.4) is 0 Å². The first kappa shape index (κ1) is 24.9. The fraction of sp³-hybridized carbons (Fsp3) is 0.250. The van der Waals surface area contributed by atoms with Gasteiger partial charge < -0.3 is 19.5 Å². The van der Waals surface area contributed by atoms with Crippen molar-refractivity contribution in [3.63, 3.8) is 0 Å². The summed E-state index contributed by atoms with van der Waals surface area (Å²) in [4.78, 5) is 18.0. The normalized spacial score (nSPS) is 11.6. The van der Waals surface area contributed by atoms with Gasteiger partial charge in [-0.05, 0) is 69.0 Å². The standard InChI is InChI=1S/C24H23F3N6O3/c1-15-12-20(23-29-22(31-36-23)17-6-10-19(11-7-17)35-24(25,26)27)30-33(15)13-16-4-8-18(9-5-16)28-21(34)14-32(2)3/h4-12H,13-14H2,1-3H3,(H,28,34). The summed E-state index contributed by atoms with van der Waals surface area (Å²) < 4.78 is 48.0. The van der Waals surface area contributed by atoms with Gasteiger partial charge in [0, 0.05) is 16.9 Å². The van der Waals surface area contributed by atoms with Crippen LogP contribution in [0.5, 0.6) is 5.75 Å². The Bertz CT molecular complexity index is 1330. The fourth-order valence-corrected chi connectivity index (χ4v) is 3.38. The molecule has 0 spiro atoms. The van der Waals surface area contributed by atoms with E-state index in [9.17, 15) is 18.0 Å². The van der Waals surface area contributed by atoms with Crippen LogP contribution < -0.4 is 10.1 Å². The molecule has 0 radical (unpaired) electrons. The number of hydrogen-bond acceptors (Lipinski definition) is 7. The van der Waals surface area contributed by atoms with Crippen molar-refractivity contribution in [3.8, 4) is 28.7 Å². The lowest BCUT2D eigenvalue weighted by molar-refractivity contribution is -0.274. The number of nitrogens with one attached hydrogen (secondary N) is 1. The molecule has 0 saturated carbocycles. The molecule has 0 atom stereocenters. The number of aromatic nitrogens is 4. The minimum atomic E-state index is -4.76. The SMILES string of the molecule is Cc1cc(-c2nc(-c3ccc(OC(F)(F)F)cc3)no2)nn1Cc1ccc(NC(=O)CN(C)C)cc1. The van der Waals surface area contributed by atoms with Crippen LogP contribution in [0.15, 0.2) is 59.1 Å². The summed E-state index contributed by atoms with van der Waals surface area (Å²) in [6, 6.07) is 14.4. The minimum Gasteiger partial charge on any atom is -0.406 e. The second-order valence-corrected chi connectivity index (χ2v) is 8.31. The molecule has 0 aliphatic carbocycles. The van der Waals surface area contributed by atoms with E-state index in [1.54, 1.807) is 15.6 Å². The summed E-state index contributed by atoms with van der Waals surface area (Å²) >= 11 is 0. The van der Waals surface area contributed by atoms with E-state index in [4.69, 9.17) is 4.52 Å². The molecule has 2 heterocycles. The lowest BCUT2D eigenvalue weighted by Crippen LogP contribution is -2.27. The zero-order chi connectivity index (χ0) is 25.9. The Hall–Kier alpha value is -4.19. The van der Waals surface area contributed by atoms with Crippen molar-refractivity contribution in [1.82, 2.24) is 24.8 Å². The highest BCUT2D eigenvalue weighted by atomic mass is 19.4. The zero-order valence-corrected chi connectivity index (χ0v) is 19.7. The summed E-state index contributed by atoms with van der Waals surface area (Å²) in [7, 11) is 3.65. The monoisotopic (exact) mass is 500 g/mol. The number of rotatable bonds is 8. The molecule has 0 aliphatic rings. The third-order valence-corrected chi connectivity index (χ3v) is 5.00. The van der Waals surface area contributed by atoms with Crippen LogP contribution in [0.25, 0.3) is 23.0 Å². The third-order valence-electron chi connectivity index (χ3n) is 5.00. The lowest BCUT2D eigenvalue weighted by Gasteiger charge is -2.10. The van der Waals surface area contributed by atoms with E-state index in [1.807, 2.05) is 45.3 Å². The molecule has 0 unspecified atom stereocenters. The zero-order valence-electron chi connectivity index (χ0n) is 19.7. The van der Waals surface area contributed by atoms with Crippen molar-refractivity contribution >= 4 is 11.6 Å². The van der Waals surface area contributed by atoms with Gasteiger partial charge in [-0.2, -0.15) is 10.1 Å². The predicted octanol–water partition coefficient (Wildman–Crippen LogP) is 4.36. The predicted molar refractivity (Wildman–Crippen MR) is 125 cm³/mol.